The average Bonchev–Trinajstić information content (AvgIpc) is 3.38. The van der Waals surface area contributed by atoms with Crippen molar-refractivity contribution in [3.63, 3.8) is 0 Å². The molecule has 2 N–H and O–H groups in total. The molecule has 41 heavy (non-hydrogen) atoms. The summed E-state index contributed by atoms with van der Waals surface area (Å²) in [6.45, 7) is 1.23. The number of rotatable bonds is 8. The molecule has 216 valence electrons. The van der Waals surface area contributed by atoms with E-state index >= 15 is 0 Å². The quantitative estimate of drug-likeness (QED) is 0.298. The molecule has 1 aromatic heterocycles. The molecule has 0 spiro atoms. The lowest BCUT2D eigenvalue weighted by Crippen LogP contribution is -2.33. The zero-order valence-corrected chi connectivity index (χ0v) is 22.9. The summed E-state index contributed by atoms with van der Waals surface area (Å²) >= 11 is 0. The third-order valence-electron chi connectivity index (χ3n) is 6.77. The molecule has 3 aromatic carbocycles. The molecular weight excluding hydrogens is 559 g/mol. The van der Waals surface area contributed by atoms with Gasteiger partial charge in [0.25, 0.3) is 0 Å². The second-order valence-corrected chi connectivity index (χ2v) is 11.5. The molecule has 0 saturated carbocycles. The van der Waals surface area contributed by atoms with Gasteiger partial charge in [-0.2, -0.15) is 17.5 Å². The number of hydrogen-bond donors (Lipinski definition) is 2. The number of anilines is 1. The van der Waals surface area contributed by atoms with E-state index in [9.17, 15) is 26.7 Å². The van der Waals surface area contributed by atoms with Crippen LogP contribution in [0.2, 0.25) is 0 Å². The van der Waals surface area contributed by atoms with E-state index in [4.69, 9.17) is 4.74 Å². The number of hydrogen-bond acceptors (Lipinski definition) is 7. The maximum Gasteiger partial charge on any atom is 0.416 e. The van der Waals surface area contributed by atoms with Crippen LogP contribution in [0.25, 0.3) is 0 Å². The SMILES string of the molecule is CCC(CO)Nc1cccc2c1S(=O)(=O)N(Cc1cn(Cc3ccccc3C(F)(F)F)nn1)Cc1ccccc1O2. The van der Waals surface area contributed by atoms with Crippen molar-refractivity contribution in [2.24, 2.45) is 0 Å². The van der Waals surface area contributed by atoms with Crippen molar-refractivity contribution in [3.05, 3.63) is 95.3 Å². The molecule has 1 unspecified atom stereocenters. The van der Waals surface area contributed by atoms with Crippen LogP contribution < -0.4 is 10.1 Å². The van der Waals surface area contributed by atoms with Crippen molar-refractivity contribution in [2.75, 3.05) is 11.9 Å². The summed E-state index contributed by atoms with van der Waals surface area (Å²) in [6, 6.07) is 16.7. The number of aliphatic hydroxyl groups excluding tert-OH is 1. The van der Waals surface area contributed by atoms with Gasteiger partial charge in [-0.05, 0) is 36.2 Å². The number of nitrogens with zero attached hydrogens (tertiary/aromatic N) is 4. The second kappa shape index (κ2) is 11.5. The van der Waals surface area contributed by atoms with Crippen LogP contribution in [0.5, 0.6) is 11.5 Å². The molecule has 1 atom stereocenters. The Morgan fingerprint density at radius 2 is 1.76 bits per heavy atom. The lowest BCUT2D eigenvalue weighted by Gasteiger charge is -2.29. The number of ether oxygens (including phenoxy) is 1. The van der Waals surface area contributed by atoms with E-state index in [2.05, 4.69) is 15.6 Å². The first-order chi connectivity index (χ1) is 19.6. The minimum atomic E-state index is -4.53. The largest absolute Gasteiger partial charge is 0.456 e. The van der Waals surface area contributed by atoms with Crippen LogP contribution in [-0.2, 0) is 35.8 Å². The topological polar surface area (TPSA) is 110 Å². The second-order valence-electron chi connectivity index (χ2n) is 9.61. The average molecular weight is 588 g/mol. The number of para-hydroxylation sites is 1. The number of sulfonamides is 1. The summed E-state index contributed by atoms with van der Waals surface area (Å²) in [4.78, 5) is -0.0899. The van der Waals surface area contributed by atoms with E-state index in [1.54, 1.807) is 42.5 Å². The van der Waals surface area contributed by atoms with E-state index in [1.807, 2.05) is 6.92 Å². The normalized spacial score (nSPS) is 15.6. The van der Waals surface area contributed by atoms with Crippen molar-refractivity contribution < 1.29 is 31.4 Å². The number of aromatic nitrogens is 3. The van der Waals surface area contributed by atoms with Gasteiger partial charge in [-0.15, -0.1) is 5.10 Å². The van der Waals surface area contributed by atoms with Crippen molar-refractivity contribution in [2.45, 2.75) is 50.1 Å². The molecular formula is C28H28F3N5O4S. The number of alkyl halides is 3. The van der Waals surface area contributed by atoms with Gasteiger partial charge in [0.05, 0.1) is 42.8 Å². The number of fused-ring (bicyclic) bond motifs is 2. The Kier molecular flexibility index (Phi) is 8.02. The molecule has 1 aliphatic heterocycles. The molecule has 1 aliphatic rings. The fourth-order valence-corrected chi connectivity index (χ4v) is 6.29. The van der Waals surface area contributed by atoms with Crippen LogP contribution >= 0.6 is 0 Å². The van der Waals surface area contributed by atoms with Gasteiger partial charge in [0.1, 0.15) is 16.4 Å². The zero-order chi connectivity index (χ0) is 29.2. The maximum absolute atomic E-state index is 14.2. The van der Waals surface area contributed by atoms with E-state index in [1.165, 1.54) is 33.4 Å². The summed E-state index contributed by atoms with van der Waals surface area (Å²) in [5.74, 6) is 0.597. The molecule has 0 aliphatic carbocycles. The van der Waals surface area contributed by atoms with Gasteiger partial charge in [-0.1, -0.05) is 54.6 Å². The highest BCUT2D eigenvalue weighted by atomic mass is 32.2. The fourth-order valence-electron chi connectivity index (χ4n) is 4.65. The van der Waals surface area contributed by atoms with Gasteiger partial charge < -0.3 is 15.2 Å². The highest BCUT2D eigenvalue weighted by Gasteiger charge is 2.35. The van der Waals surface area contributed by atoms with E-state index in [-0.39, 0.29) is 59.9 Å². The van der Waals surface area contributed by atoms with Crippen LogP contribution in [0.3, 0.4) is 0 Å². The van der Waals surface area contributed by atoms with Crippen LogP contribution in [0, 0.1) is 0 Å². The molecule has 13 heteroatoms. The Morgan fingerprint density at radius 3 is 2.51 bits per heavy atom. The first-order valence-corrected chi connectivity index (χ1v) is 14.3. The highest BCUT2D eigenvalue weighted by Crippen LogP contribution is 2.41. The third kappa shape index (κ3) is 6.06. The molecule has 2 heterocycles. The number of nitrogens with one attached hydrogen (secondary N) is 1. The van der Waals surface area contributed by atoms with Crippen molar-refractivity contribution in [3.8, 4) is 11.5 Å². The number of halogens is 3. The minimum Gasteiger partial charge on any atom is -0.456 e. The first kappa shape index (κ1) is 28.6. The Labute approximate surface area is 235 Å². The predicted octanol–water partition coefficient (Wildman–Crippen LogP) is 5.02. The van der Waals surface area contributed by atoms with Crippen molar-refractivity contribution in [1.29, 1.82) is 0 Å². The molecule has 5 rings (SSSR count). The van der Waals surface area contributed by atoms with Gasteiger partial charge in [0.15, 0.2) is 0 Å². The minimum absolute atomic E-state index is 0.0143. The predicted molar refractivity (Wildman–Crippen MR) is 145 cm³/mol. The zero-order valence-electron chi connectivity index (χ0n) is 22.0. The first-order valence-electron chi connectivity index (χ1n) is 12.9. The summed E-state index contributed by atoms with van der Waals surface area (Å²) in [6.07, 6.45) is -2.54. The van der Waals surface area contributed by atoms with E-state index in [0.29, 0.717) is 17.7 Å². The van der Waals surface area contributed by atoms with Crippen LogP contribution in [0.15, 0.2) is 77.8 Å². The van der Waals surface area contributed by atoms with Gasteiger partial charge in [0.2, 0.25) is 10.0 Å². The monoisotopic (exact) mass is 587 g/mol. The molecule has 0 amide bonds. The lowest BCUT2D eigenvalue weighted by atomic mass is 10.1. The molecule has 0 radical (unpaired) electrons. The molecule has 9 nitrogen and oxygen atoms in total. The number of aliphatic hydroxyl groups is 1. The Bertz CT molecular complexity index is 1640. The van der Waals surface area contributed by atoms with Crippen LogP contribution in [-0.4, -0.2) is 45.5 Å². The smallest absolute Gasteiger partial charge is 0.416 e. The highest BCUT2D eigenvalue weighted by molar-refractivity contribution is 7.89. The third-order valence-corrected chi connectivity index (χ3v) is 8.64. The van der Waals surface area contributed by atoms with Gasteiger partial charge in [-0.25, -0.2) is 13.1 Å². The fraction of sp³-hybridized carbons (Fsp3) is 0.286. The van der Waals surface area contributed by atoms with Crippen molar-refractivity contribution >= 4 is 15.7 Å². The van der Waals surface area contributed by atoms with Gasteiger partial charge in [-0.3, -0.25) is 0 Å². The summed E-state index contributed by atoms with van der Waals surface area (Å²) in [7, 11) is -4.21. The van der Waals surface area contributed by atoms with E-state index < -0.39 is 21.8 Å². The molecule has 4 aromatic rings. The lowest BCUT2D eigenvalue weighted by molar-refractivity contribution is -0.138. The standard InChI is InChI=1S/C28H28F3N5O4S/c1-2-21(18-37)32-24-11-7-13-26-27(24)41(38,39)36(15-20-9-4-6-12-25(20)40-26)17-22-16-35(34-33-22)14-19-8-3-5-10-23(19)28(29,30)31/h3-13,16,21,32,37H,2,14-15,17-18H2,1H3. The molecule has 0 bridgehead atoms. The van der Waals surface area contributed by atoms with Gasteiger partial charge in [0, 0.05) is 18.2 Å². The van der Waals surface area contributed by atoms with Crippen molar-refractivity contribution in [1.82, 2.24) is 19.3 Å². The Morgan fingerprint density at radius 1 is 1.02 bits per heavy atom. The number of benzene rings is 3. The van der Waals surface area contributed by atoms with Crippen LogP contribution in [0.1, 0.15) is 35.7 Å². The van der Waals surface area contributed by atoms with Gasteiger partial charge >= 0.3 is 6.18 Å². The molecule has 0 saturated heterocycles. The summed E-state index contributed by atoms with van der Waals surface area (Å²) < 4.78 is 77.4. The summed E-state index contributed by atoms with van der Waals surface area (Å²) in [5, 5.41) is 20.9. The summed E-state index contributed by atoms with van der Waals surface area (Å²) in [5.41, 5.74) is 0.393. The Balaban J connectivity index is 1.51. The Hall–Kier alpha value is -3.94. The maximum atomic E-state index is 14.2. The van der Waals surface area contributed by atoms with Crippen LogP contribution in [0.4, 0.5) is 18.9 Å². The van der Waals surface area contributed by atoms with E-state index in [0.717, 1.165) is 6.07 Å². The molecule has 0 fully saturated rings.